The van der Waals surface area contributed by atoms with E-state index in [1.165, 1.54) is 23.6 Å². The average molecular weight is 338 g/mol. The zero-order valence-electron chi connectivity index (χ0n) is 10.1. The summed E-state index contributed by atoms with van der Waals surface area (Å²) in [7, 11) is 0. The Hall–Kier alpha value is -1.87. The molecule has 1 heterocycles. The molecule has 0 saturated heterocycles. The van der Waals surface area contributed by atoms with E-state index in [-0.39, 0.29) is 12.2 Å². The number of nitro groups is 1. The van der Waals surface area contributed by atoms with Crippen LogP contribution in [-0.4, -0.2) is 9.91 Å². The quantitative estimate of drug-likeness (QED) is 0.665. The van der Waals surface area contributed by atoms with Crippen molar-refractivity contribution < 1.29 is 18.1 Å². The normalized spacial score (nSPS) is 11.4. The fourth-order valence-electron chi connectivity index (χ4n) is 1.59. The van der Waals surface area contributed by atoms with Gasteiger partial charge in [-0.05, 0) is 12.1 Å². The van der Waals surface area contributed by atoms with Gasteiger partial charge in [0.05, 0.1) is 11.5 Å². The molecule has 5 nitrogen and oxygen atoms in total. The van der Waals surface area contributed by atoms with E-state index < -0.39 is 22.4 Å². The van der Waals surface area contributed by atoms with Gasteiger partial charge in [0.15, 0.2) is 4.47 Å². The molecule has 0 amide bonds. The fraction of sp³-hybridized carbons (Fsp3) is 0.182. The zero-order chi connectivity index (χ0) is 15.6. The molecule has 1 aromatic carbocycles. The number of benzene rings is 1. The van der Waals surface area contributed by atoms with Crippen LogP contribution in [0.1, 0.15) is 10.4 Å². The predicted octanol–water partition coefficient (Wildman–Crippen LogP) is 4.34. The number of hydrogen-bond acceptors (Lipinski definition) is 5. The van der Waals surface area contributed by atoms with Crippen LogP contribution in [0.5, 0.6) is 0 Å². The maximum Gasteiger partial charge on any atom is 0.423 e. The second-order valence-electron chi connectivity index (χ2n) is 3.92. The SMILES string of the molecule is O=[N+]([O-])c1ccc(NCc2cnc(Cl)s2)cc1C(F)(F)F. The van der Waals surface area contributed by atoms with Crippen molar-refractivity contribution in [2.75, 3.05) is 5.32 Å². The maximum atomic E-state index is 12.8. The van der Waals surface area contributed by atoms with Crippen molar-refractivity contribution in [1.29, 1.82) is 0 Å². The number of halogens is 4. The van der Waals surface area contributed by atoms with Crippen LogP contribution < -0.4 is 5.32 Å². The highest BCUT2D eigenvalue weighted by molar-refractivity contribution is 7.15. The minimum absolute atomic E-state index is 0.123. The second kappa shape index (κ2) is 5.86. The van der Waals surface area contributed by atoms with E-state index in [0.717, 1.165) is 10.9 Å². The molecule has 2 aromatic rings. The summed E-state index contributed by atoms with van der Waals surface area (Å²) in [5.74, 6) is 0. The minimum atomic E-state index is -4.80. The molecule has 10 heteroatoms. The van der Waals surface area contributed by atoms with Crippen molar-refractivity contribution in [2.24, 2.45) is 0 Å². The molecule has 0 atom stereocenters. The van der Waals surface area contributed by atoms with Crippen molar-refractivity contribution >= 4 is 34.3 Å². The summed E-state index contributed by atoms with van der Waals surface area (Å²) in [6.45, 7) is 0.222. The van der Waals surface area contributed by atoms with E-state index in [2.05, 4.69) is 10.3 Å². The van der Waals surface area contributed by atoms with Gasteiger partial charge < -0.3 is 5.32 Å². The minimum Gasteiger partial charge on any atom is -0.380 e. The number of nitrogens with one attached hydrogen (secondary N) is 1. The van der Waals surface area contributed by atoms with Crippen molar-refractivity contribution in [3.05, 3.63) is 49.4 Å². The fourth-order valence-corrected chi connectivity index (χ4v) is 2.50. The first-order valence-corrected chi connectivity index (χ1v) is 6.66. The Morgan fingerprint density at radius 1 is 1.43 bits per heavy atom. The lowest BCUT2D eigenvalue weighted by atomic mass is 10.1. The first-order chi connectivity index (χ1) is 9.77. The molecule has 112 valence electrons. The van der Waals surface area contributed by atoms with Gasteiger partial charge in [-0.25, -0.2) is 4.98 Å². The van der Waals surface area contributed by atoms with Crippen molar-refractivity contribution in [2.45, 2.75) is 12.7 Å². The van der Waals surface area contributed by atoms with Crippen LogP contribution in [0, 0.1) is 10.1 Å². The Bertz CT molecular complexity index is 675. The zero-order valence-corrected chi connectivity index (χ0v) is 11.7. The largest absolute Gasteiger partial charge is 0.423 e. The van der Waals surface area contributed by atoms with Crippen molar-refractivity contribution in [3.63, 3.8) is 0 Å². The molecule has 0 aliphatic rings. The Labute approximate surface area is 125 Å². The van der Waals surface area contributed by atoms with Gasteiger partial charge in [0, 0.05) is 22.8 Å². The number of alkyl halides is 3. The molecule has 0 spiro atoms. The molecule has 2 rings (SSSR count). The first-order valence-electron chi connectivity index (χ1n) is 5.47. The van der Waals surface area contributed by atoms with Crippen LogP contribution in [0.15, 0.2) is 24.4 Å². The molecule has 0 aliphatic heterocycles. The molecule has 21 heavy (non-hydrogen) atoms. The first kappa shape index (κ1) is 15.5. The van der Waals surface area contributed by atoms with E-state index in [1.807, 2.05) is 0 Å². The van der Waals surface area contributed by atoms with E-state index >= 15 is 0 Å². The molecule has 1 N–H and O–H groups in total. The van der Waals surface area contributed by atoms with Crippen LogP contribution in [0.3, 0.4) is 0 Å². The summed E-state index contributed by atoms with van der Waals surface area (Å²) in [5, 5.41) is 13.4. The highest BCUT2D eigenvalue weighted by Gasteiger charge is 2.38. The monoisotopic (exact) mass is 337 g/mol. The third-order valence-corrected chi connectivity index (χ3v) is 3.61. The van der Waals surface area contributed by atoms with Gasteiger partial charge >= 0.3 is 6.18 Å². The standard InChI is InChI=1S/C11H7ClF3N3O2S/c12-10-17-5-7(21-10)4-16-6-1-2-9(18(19)20)8(3-6)11(13,14)15/h1-3,5,16H,4H2. The highest BCUT2D eigenvalue weighted by Crippen LogP contribution is 2.37. The Morgan fingerprint density at radius 2 is 2.14 bits per heavy atom. The topological polar surface area (TPSA) is 68.1 Å². The molecule has 0 aliphatic carbocycles. The van der Waals surface area contributed by atoms with Crippen LogP contribution in [-0.2, 0) is 12.7 Å². The number of anilines is 1. The number of thiazole rings is 1. The molecule has 0 fully saturated rings. The van der Waals surface area contributed by atoms with Crippen LogP contribution in [0.4, 0.5) is 24.5 Å². The summed E-state index contributed by atoms with van der Waals surface area (Å²) in [5.41, 5.74) is -2.15. The lowest BCUT2D eigenvalue weighted by Crippen LogP contribution is -2.10. The summed E-state index contributed by atoms with van der Waals surface area (Å²) in [4.78, 5) is 14.1. The Morgan fingerprint density at radius 3 is 2.67 bits per heavy atom. The van der Waals surface area contributed by atoms with Crippen molar-refractivity contribution in [1.82, 2.24) is 4.98 Å². The smallest absolute Gasteiger partial charge is 0.380 e. The van der Waals surface area contributed by atoms with E-state index in [9.17, 15) is 23.3 Å². The van der Waals surface area contributed by atoms with Crippen LogP contribution >= 0.6 is 22.9 Å². The van der Waals surface area contributed by atoms with Crippen LogP contribution in [0.2, 0.25) is 4.47 Å². The molecule has 1 aromatic heterocycles. The number of hydrogen-bond donors (Lipinski definition) is 1. The number of nitro benzene ring substituents is 1. The van der Waals surface area contributed by atoms with Crippen LogP contribution in [0.25, 0.3) is 0 Å². The van der Waals surface area contributed by atoms with Gasteiger partial charge in [0.1, 0.15) is 5.56 Å². The van der Waals surface area contributed by atoms with E-state index in [0.29, 0.717) is 10.5 Å². The summed E-state index contributed by atoms with van der Waals surface area (Å²) in [6.07, 6.45) is -3.30. The van der Waals surface area contributed by atoms with E-state index in [1.54, 1.807) is 0 Å². The molecule has 0 unspecified atom stereocenters. The average Bonchev–Trinajstić information content (AvgIpc) is 2.81. The van der Waals surface area contributed by atoms with Gasteiger partial charge in [-0.2, -0.15) is 13.2 Å². The Balaban J connectivity index is 2.23. The molecule has 0 bridgehead atoms. The third kappa shape index (κ3) is 3.82. The lowest BCUT2D eigenvalue weighted by Gasteiger charge is -2.10. The van der Waals surface area contributed by atoms with Gasteiger partial charge in [0.25, 0.3) is 5.69 Å². The number of rotatable bonds is 4. The summed E-state index contributed by atoms with van der Waals surface area (Å²) < 4.78 is 38.7. The predicted molar refractivity (Wildman–Crippen MR) is 72.5 cm³/mol. The molecular weight excluding hydrogens is 331 g/mol. The van der Waals surface area contributed by atoms with Gasteiger partial charge in [-0.15, -0.1) is 11.3 Å². The molecule has 0 radical (unpaired) electrons. The Kier molecular flexibility index (Phi) is 4.33. The van der Waals surface area contributed by atoms with Gasteiger partial charge in [-0.3, -0.25) is 10.1 Å². The molecular formula is C11H7ClF3N3O2S. The van der Waals surface area contributed by atoms with E-state index in [4.69, 9.17) is 11.6 Å². The molecule has 0 saturated carbocycles. The number of nitrogens with zero attached hydrogens (tertiary/aromatic N) is 2. The number of aromatic nitrogens is 1. The van der Waals surface area contributed by atoms with Gasteiger partial charge in [-0.1, -0.05) is 11.6 Å². The lowest BCUT2D eigenvalue weighted by molar-refractivity contribution is -0.388. The second-order valence-corrected chi connectivity index (χ2v) is 5.62. The summed E-state index contributed by atoms with van der Waals surface area (Å²) in [6, 6.07) is 2.75. The third-order valence-electron chi connectivity index (χ3n) is 2.49. The highest BCUT2D eigenvalue weighted by atomic mass is 35.5. The van der Waals surface area contributed by atoms with Crippen molar-refractivity contribution in [3.8, 4) is 0 Å². The van der Waals surface area contributed by atoms with Gasteiger partial charge in [0.2, 0.25) is 0 Å². The summed E-state index contributed by atoms with van der Waals surface area (Å²) >= 11 is 6.82. The maximum absolute atomic E-state index is 12.8.